The highest BCUT2D eigenvalue weighted by Crippen LogP contribution is 2.30. The molecule has 3 aromatic rings. The molecule has 7 heteroatoms. The Morgan fingerprint density at radius 2 is 1.59 bits per heavy atom. The third-order valence-corrected chi connectivity index (χ3v) is 5.39. The van der Waals surface area contributed by atoms with Crippen LogP contribution in [0.4, 0.5) is 5.69 Å². The van der Waals surface area contributed by atoms with Gasteiger partial charge in [0.1, 0.15) is 0 Å². The molecular formula is C22H16Cl2N2O3. The number of amides is 3. The standard InChI is InChI=1S/C22H16Cl2N2O3/c23-14-9-10-18(17(24)12-14)25-19(27)8-3-11-26-21(28)15-6-1-4-13-5-2-7-16(20(13)15)22(26)29/h1-2,4-7,9-10,12H,3,8,11H2,(H,25,27). The van der Waals surface area contributed by atoms with Gasteiger partial charge >= 0.3 is 0 Å². The number of imide groups is 1. The Morgan fingerprint density at radius 3 is 2.21 bits per heavy atom. The van der Waals surface area contributed by atoms with Gasteiger partial charge in [-0.15, -0.1) is 0 Å². The highest BCUT2D eigenvalue weighted by molar-refractivity contribution is 6.36. The summed E-state index contributed by atoms with van der Waals surface area (Å²) in [6.45, 7) is 0.157. The molecule has 1 aliphatic heterocycles. The number of carbonyl (C=O) groups is 3. The summed E-state index contributed by atoms with van der Waals surface area (Å²) in [7, 11) is 0. The molecule has 0 spiro atoms. The van der Waals surface area contributed by atoms with Crippen molar-refractivity contribution in [2.24, 2.45) is 0 Å². The maximum absolute atomic E-state index is 12.8. The first-order valence-electron chi connectivity index (χ1n) is 9.08. The summed E-state index contributed by atoms with van der Waals surface area (Å²) < 4.78 is 0. The van der Waals surface area contributed by atoms with Crippen LogP contribution < -0.4 is 5.32 Å². The molecule has 1 N–H and O–H groups in total. The molecule has 0 aliphatic carbocycles. The van der Waals surface area contributed by atoms with Gasteiger partial charge in [-0.05, 0) is 42.1 Å². The Kier molecular flexibility index (Phi) is 5.26. The number of nitrogens with one attached hydrogen (secondary N) is 1. The summed E-state index contributed by atoms with van der Waals surface area (Å²) in [4.78, 5) is 39.1. The zero-order valence-electron chi connectivity index (χ0n) is 15.2. The zero-order valence-corrected chi connectivity index (χ0v) is 16.8. The van der Waals surface area contributed by atoms with E-state index in [-0.39, 0.29) is 30.7 Å². The molecule has 0 saturated carbocycles. The van der Waals surface area contributed by atoms with Crippen LogP contribution in [0.15, 0.2) is 54.6 Å². The number of hydrogen-bond donors (Lipinski definition) is 1. The van der Waals surface area contributed by atoms with E-state index in [2.05, 4.69) is 5.32 Å². The van der Waals surface area contributed by atoms with E-state index in [1.807, 2.05) is 12.1 Å². The van der Waals surface area contributed by atoms with Gasteiger partial charge in [0.15, 0.2) is 0 Å². The third-order valence-electron chi connectivity index (χ3n) is 4.85. The van der Waals surface area contributed by atoms with Gasteiger partial charge in [-0.2, -0.15) is 0 Å². The highest BCUT2D eigenvalue weighted by Gasteiger charge is 2.32. The minimum atomic E-state index is -0.333. The highest BCUT2D eigenvalue weighted by atomic mass is 35.5. The fourth-order valence-electron chi connectivity index (χ4n) is 3.48. The van der Waals surface area contributed by atoms with Crippen LogP contribution in [0.5, 0.6) is 0 Å². The maximum Gasteiger partial charge on any atom is 0.261 e. The maximum atomic E-state index is 12.8. The Hall–Kier alpha value is -2.89. The topological polar surface area (TPSA) is 66.5 Å². The second kappa shape index (κ2) is 7.85. The van der Waals surface area contributed by atoms with Crippen LogP contribution in [0.2, 0.25) is 10.0 Å². The van der Waals surface area contributed by atoms with Crippen molar-refractivity contribution in [1.82, 2.24) is 4.90 Å². The lowest BCUT2D eigenvalue weighted by atomic mass is 9.94. The number of carbonyl (C=O) groups excluding carboxylic acids is 3. The van der Waals surface area contributed by atoms with E-state index in [1.54, 1.807) is 42.5 Å². The van der Waals surface area contributed by atoms with Crippen molar-refractivity contribution >= 4 is 57.4 Å². The van der Waals surface area contributed by atoms with Crippen molar-refractivity contribution in [3.8, 4) is 0 Å². The Labute approximate surface area is 177 Å². The Balaban J connectivity index is 1.43. The van der Waals surface area contributed by atoms with E-state index in [9.17, 15) is 14.4 Å². The van der Waals surface area contributed by atoms with Crippen molar-refractivity contribution in [2.45, 2.75) is 12.8 Å². The average molecular weight is 427 g/mol. The van der Waals surface area contributed by atoms with Crippen LogP contribution in [0.25, 0.3) is 10.8 Å². The lowest BCUT2D eigenvalue weighted by Crippen LogP contribution is -2.41. The Morgan fingerprint density at radius 1 is 0.931 bits per heavy atom. The number of benzene rings is 3. The quantitative estimate of drug-likeness (QED) is 0.572. The van der Waals surface area contributed by atoms with Gasteiger partial charge in [-0.25, -0.2) is 0 Å². The molecule has 0 bridgehead atoms. The van der Waals surface area contributed by atoms with Crippen LogP contribution in [0.3, 0.4) is 0 Å². The fraction of sp³-hybridized carbons (Fsp3) is 0.136. The van der Waals surface area contributed by atoms with Gasteiger partial charge in [0, 0.05) is 34.5 Å². The molecule has 0 fully saturated rings. The lowest BCUT2D eigenvalue weighted by Gasteiger charge is -2.27. The first-order valence-corrected chi connectivity index (χ1v) is 9.84. The summed E-state index contributed by atoms with van der Waals surface area (Å²) in [5, 5.41) is 5.09. The fourth-order valence-corrected chi connectivity index (χ4v) is 3.94. The average Bonchev–Trinajstić information content (AvgIpc) is 2.70. The van der Waals surface area contributed by atoms with Crippen molar-refractivity contribution < 1.29 is 14.4 Å². The molecule has 3 aromatic carbocycles. The van der Waals surface area contributed by atoms with Gasteiger partial charge in [0.05, 0.1) is 10.7 Å². The van der Waals surface area contributed by atoms with Gasteiger partial charge in [-0.3, -0.25) is 19.3 Å². The minimum absolute atomic E-state index is 0.141. The van der Waals surface area contributed by atoms with Crippen LogP contribution in [0, 0.1) is 0 Å². The van der Waals surface area contributed by atoms with Crippen molar-refractivity contribution in [2.75, 3.05) is 11.9 Å². The molecule has 1 heterocycles. The monoisotopic (exact) mass is 426 g/mol. The van der Waals surface area contributed by atoms with E-state index in [0.717, 1.165) is 5.39 Å². The van der Waals surface area contributed by atoms with Crippen LogP contribution in [-0.2, 0) is 4.79 Å². The number of halogens is 2. The van der Waals surface area contributed by atoms with Crippen molar-refractivity contribution in [3.05, 3.63) is 75.8 Å². The second-order valence-corrected chi connectivity index (χ2v) is 7.59. The third kappa shape index (κ3) is 3.71. The van der Waals surface area contributed by atoms with E-state index in [4.69, 9.17) is 23.2 Å². The molecule has 4 rings (SSSR count). The van der Waals surface area contributed by atoms with E-state index in [0.29, 0.717) is 38.7 Å². The van der Waals surface area contributed by atoms with Crippen molar-refractivity contribution in [1.29, 1.82) is 0 Å². The van der Waals surface area contributed by atoms with E-state index >= 15 is 0 Å². The smallest absolute Gasteiger partial charge is 0.261 e. The number of rotatable bonds is 5. The zero-order chi connectivity index (χ0) is 20.5. The minimum Gasteiger partial charge on any atom is -0.325 e. The summed E-state index contributed by atoms with van der Waals surface area (Å²) in [6, 6.07) is 15.6. The molecule has 1 aliphatic rings. The lowest BCUT2D eigenvalue weighted by molar-refractivity contribution is -0.116. The SMILES string of the molecule is O=C(CCCN1C(=O)c2cccc3cccc(c23)C1=O)Nc1ccc(Cl)cc1Cl. The van der Waals surface area contributed by atoms with Gasteiger partial charge in [0.25, 0.3) is 11.8 Å². The summed E-state index contributed by atoms with van der Waals surface area (Å²) in [5.41, 5.74) is 1.48. The first kappa shape index (κ1) is 19.4. The summed E-state index contributed by atoms with van der Waals surface area (Å²) in [6.07, 6.45) is 0.481. The molecule has 0 saturated heterocycles. The van der Waals surface area contributed by atoms with Crippen LogP contribution in [-0.4, -0.2) is 29.2 Å². The molecule has 0 atom stereocenters. The summed E-state index contributed by atoms with van der Waals surface area (Å²) in [5.74, 6) is -0.922. The van der Waals surface area contributed by atoms with Crippen LogP contribution >= 0.6 is 23.2 Å². The second-order valence-electron chi connectivity index (χ2n) is 6.75. The number of hydrogen-bond acceptors (Lipinski definition) is 3. The predicted octanol–water partition coefficient (Wildman–Crippen LogP) is 5.16. The largest absolute Gasteiger partial charge is 0.325 e. The molecule has 29 heavy (non-hydrogen) atoms. The van der Waals surface area contributed by atoms with Crippen molar-refractivity contribution in [3.63, 3.8) is 0 Å². The molecule has 5 nitrogen and oxygen atoms in total. The van der Waals surface area contributed by atoms with E-state index < -0.39 is 0 Å². The molecule has 146 valence electrons. The number of anilines is 1. The van der Waals surface area contributed by atoms with Crippen LogP contribution in [0.1, 0.15) is 33.6 Å². The molecule has 0 unspecified atom stereocenters. The molecule has 0 aromatic heterocycles. The normalized spacial score (nSPS) is 13.1. The van der Waals surface area contributed by atoms with E-state index in [1.165, 1.54) is 4.90 Å². The molecule has 0 radical (unpaired) electrons. The molecule has 3 amide bonds. The van der Waals surface area contributed by atoms with Gasteiger partial charge in [0.2, 0.25) is 5.91 Å². The summed E-state index contributed by atoms with van der Waals surface area (Å²) >= 11 is 11.9. The van der Waals surface area contributed by atoms with Gasteiger partial charge < -0.3 is 5.32 Å². The molecular weight excluding hydrogens is 411 g/mol. The number of nitrogens with zero attached hydrogens (tertiary/aromatic N) is 1. The Bertz CT molecular complexity index is 1110. The first-order chi connectivity index (χ1) is 14.0. The van der Waals surface area contributed by atoms with Gasteiger partial charge in [-0.1, -0.05) is 47.5 Å². The predicted molar refractivity (Wildman–Crippen MR) is 114 cm³/mol.